The highest BCUT2D eigenvalue weighted by Gasteiger charge is 2.42. The zero-order valence-electron chi connectivity index (χ0n) is 18.3. The van der Waals surface area contributed by atoms with Crippen LogP contribution in [-0.4, -0.2) is 55.1 Å². The van der Waals surface area contributed by atoms with Crippen LogP contribution in [0.1, 0.15) is 50.0 Å². The number of hydrogen-bond acceptors (Lipinski definition) is 3. The van der Waals surface area contributed by atoms with Gasteiger partial charge in [0, 0.05) is 36.4 Å². The van der Waals surface area contributed by atoms with Crippen LogP contribution in [0.2, 0.25) is 0 Å². The van der Waals surface area contributed by atoms with Gasteiger partial charge in [-0.1, -0.05) is 6.42 Å². The van der Waals surface area contributed by atoms with E-state index in [2.05, 4.69) is 14.7 Å². The Morgan fingerprint density at radius 2 is 1.48 bits per heavy atom. The quantitative estimate of drug-likeness (QED) is 0.563. The standard InChI is InChI=1S/C26H33F2N3/c27-20-6-9-22(10-7-20)31-25-11-8-21(28)18-23(25)24-19-30(17-12-26(24)31)16-5-4-15-29-13-2-1-3-14-29/h6-11,18,24,26H,1-5,12-17,19H2. The molecule has 2 saturated heterocycles. The molecule has 2 unspecified atom stereocenters. The highest BCUT2D eigenvalue weighted by molar-refractivity contribution is 5.73. The zero-order valence-corrected chi connectivity index (χ0v) is 18.3. The minimum atomic E-state index is -0.224. The van der Waals surface area contributed by atoms with Crippen molar-refractivity contribution in [2.45, 2.75) is 50.5 Å². The maximum atomic E-state index is 14.1. The number of rotatable bonds is 6. The fourth-order valence-electron chi connectivity index (χ4n) is 5.83. The van der Waals surface area contributed by atoms with Crippen molar-refractivity contribution in [3.63, 3.8) is 0 Å². The van der Waals surface area contributed by atoms with Crippen molar-refractivity contribution in [2.75, 3.05) is 44.2 Å². The molecule has 3 nitrogen and oxygen atoms in total. The molecule has 0 spiro atoms. The molecule has 0 saturated carbocycles. The van der Waals surface area contributed by atoms with Gasteiger partial charge in [0.05, 0.1) is 0 Å². The molecule has 2 fully saturated rings. The van der Waals surface area contributed by atoms with E-state index in [1.807, 2.05) is 18.2 Å². The Labute approximate surface area is 184 Å². The van der Waals surface area contributed by atoms with E-state index in [-0.39, 0.29) is 11.6 Å². The average molecular weight is 426 g/mol. The fraction of sp³-hybridized carbons (Fsp3) is 0.538. The van der Waals surface area contributed by atoms with Crippen LogP contribution >= 0.6 is 0 Å². The highest BCUT2D eigenvalue weighted by Crippen LogP contribution is 2.48. The molecule has 5 rings (SSSR count). The predicted molar refractivity (Wildman–Crippen MR) is 122 cm³/mol. The number of unbranched alkanes of at least 4 members (excludes halogenated alkanes) is 1. The Morgan fingerprint density at radius 3 is 2.26 bits per heavy atom. The summed E-state index contributed by atoms with van der Waals surface area (Å²) in [5.74, 6) is -0.0955. The zero-order chi connectivity index (χ0) is 21.2. The molecule has 0 N–H and O–H groups in total. The summed E-state index contributed by atoms with van der Waals surface area (Å²) in [6.07, 6.45) is 7.64. The molecular weight excluding hydrogens is 392 g/mol. The third-order valence-corrected chi connectivity index (χ3v) is 7.39. The van der Waals surface area contributed by atoms with Crippen molar-refractivity contribution >= 4 is 11.4 Å². The number of likely N-dealkylation sites (tertiary alicyclic amines) is 2. The number of anilines is 2. The summed E-state index contributed by atoms with van der Waals surface area (Å²) in [4.78, 5) is 7.50. The summed E-state index contributed by atoms with van der Waals surface area (Å²) < 4.78 is 27.6. The van der Waals surface area contributed by atoms with E-state index in [0.29, 0.717) is 12.0 Å². The minimum Gasteiger partial charge on any atom is -0.337 e. The van der Waals surface area contributed by atoms with Gasteiger partial charge in [0.15, 0.2) is 0 Å². The number of benzene rings is 2. The molecule has 2 aromatic carbocycles. The van der Waals surface area contributed by atoms with Crippen LogP contribution in [0.3, 0.4) is 0 Å². The molecular formula is C26H33F2N3. The Kier molecular flexibility index (Phi) is 6.24. The average Bonchev–Trinajstić information content (AvgIpc) is 3.11. The monoisotopic (exact) mass is 425 g/mol. The predicted octanol–water partition coefficient (Wildman–Crippen LogP) is 5.54. The first kappa shape index (κ1) is 20.9. The third-order valence-electron chi connectivity index (χ3n) is 7.39. The van der Waals surface area contributed by atoms with E-state index >= 15 is 0 Å². The van der Waals surface area contributed by atoms with E-state index in [1.165, 1.54) is 63.9 Å². The lowest BCUT2D eigenvalue weighted by atomic mass is 9.89. The van der Waals surface area contributed by atoms with Gasteiger partial charge in [0.1, 0.15) is 11.6 Å². The lowest BCUT2D eigenvalue weighted by molar-refractivity contribution is 0.183. The van der Waals surface area contributed by atoms with Crippen LogP contribution in [0.4, 0.5) is 20.2 Å². The van der Waals surface area contributed by atoms with Crippen molar-refractivity contribution < 1.29 is 8.78 Å². The van der Waals surface area contributed by atoms with Crippen molar-refractivity contribution in [3.05, 3.63) is 59.7 Å². The van der Waals surface area contributed by atoms with Crippen molar-refractivity contribution in [3.8, 4) is 0 Å². The summed E-state index contributed by atoms with van der Waals surface area (Å²) in [5, 5.41) is 0. The molecule has 0 aliphatic carbocycles. The van der Waals surface area contributed by atoms with Crippen LogP contribution in [0.5, 0.6) is 0 Å². The third kappa shape index (κ3) is 4.49. The van der Waals surface area contributed by atoms with Crippen molar-refractivity contribution in [2.24, 2.45) is 0 Å². The number of hydrogen-bond donors (Lipinski definition) is 0. The SMILES string of the molecule is Fc1ccc(N2c3ccc(F)cc3C3CN(CCCCN4CCCCC4)CCC32)cc1. The molecule has 3 heterocycles. The lowest BCUT2D eigenvalue weighted by Gasteiger charge is -2.39. The Balaban J connectivity index is 1.25. The van der Waals surface area contributed by atoms with Crippen molar-refractivity contribution in [1.29, 1.82) is 0 Å². The maximum absolute atomic E-state index is 14.1. The van der Waals surface area contributed by atoms with Gasteiger partial charge in [-0.2, -0.15) is 0 Å². The molecule has 3 aliphatic rings. The van der Waals surface area contributed by atoms with Gasteiger partial charge in [-0.05, 0) is 106 Å². The van der Waals surface area contributed by atoms with Gasteiger partial charge in [0.2, 0.25) is 0 Å². The van der Waals surface area contributed by atoms with Gasteiger partial charge in [0.25, 0.3) is 0 Å². The normalized spacial score (nSPS) is 24.3. The second-order valence-electron chi connectivity index (χ2n) is 9.42. The van der Waals surface area contributed by atoms with Gasteiger partial charge < -0.3 is 14.7 Å². The van der Waals surface area contributed by atoms with Gasteiger partial charge >= 0.3 is 0 Å². The number of nitrogens with zero attached hydrogens (tertiary/aromatic N) is 3. The lowest BCUT2D eigenvalue weighted by Crippen LogP contribution is -2.45. The van der Waals surface area contributed by atoms with E-state index in [0.717, 1.165) is 43.0 Å². The van der Waals surface area contributed by atoms with Crippen LogP contribution < -0.4 is 4.90 Å². The van der Waals surface area contributed by atoms with E-state index in [1.54, 1.807) is 12.1 Å². The molecule has 31 heavy (non-hydrogen) atoms. The summed E-state index contributed by atoms with van der Waals surface area (Å²) in [6.45, 7) is 6.94. The first-order chi connectivity index (χ1) is 15.2. The Bertz CT molecular complexity index is 879. The van der Waals surface area contributed by atoms with Crippen LogP contribution in [-0.2, 0) is 0 Å². The molecule has 5 heteroatoms. The largest absolute Gasteiger partial charge is 0.337 e. The smallest absolute Gasteiger partial charge is 0.123 e. The van der Waals surface area contributed by atoms with Crippen LogP contribution in [0, 0.1) is 11.6 Å². The number of fused-ring (bicyclic) bond motifs is 3. The first-order valence-electron chi connectivity index (χ1n) is 12.0. The van der Waals surface area contributed by atoms with Gasteiger partial charge in [-0.15, -0.1) is 0 Å². The molecule has 0 radical (unpaired) electrons. The van der Waals surface area contributed by atoms with Gasteiger partial charge in [-0.3, -0.25) is 0 Å². The number of piperidine rings is 2. The molecule has 0 aromatic heterocycles. The van der Waals surface area contributed by atoms with E-state index < -0.39 is 0 Å². The van der Waals surface area contributed by atoms with Gasteiger partial charge in [-0.25, -0.2) is 8.78 Å². The molecule has 2 atom stereocenters. The fourth-order valence-corrected chi connectivity index (χ4v) is 5.83. The van der Waals surface area contributed by atoms with Crippen molar-refractivity contribution in [1.82, 2.24) is 9.80 Å². The second kappa shape index (κ2) is 9.25. The molecule has 0 bridgehead atoms. The molecule has 2 aromatic rings. The summed E-state index contributed by atoms with van der Waals surface area (Å²) >= 11 is 0. The second-order valence-corrected chi connectivity index (χ2v) is 9.42. The molecule has 3 aliphatic heterocycles. The topological polar surface area (TPSA) is 9.72 Å². The first-order valence-corrected chi connectivity index (χ1v) is 12.0. The Morgan fingerprint density at radius 1 is 0.774 bits per heavy atom. The highest BCUT2D eigenvalue weighted by atomic mass is 19.1. The summed E-state index contributed by atoms with van der Waals surface area (Å²) in [7, 11) is 0. The molecule has 0 amide bonds. The Hall–Kier alpha value is -1.98. The summed E-state index contributed by atoms with van der Waals surface area (Å²) in [5.41, 5.74) is 3.18. The summed E-state index contributed by atoms with van der Waals surface area (Å²) in [6, 6.07) is 12.2. The minimum absolute atomic E-state index is 0.169. The molecule has 166 valence electrons. The number of halogens is 2. The van der Waals surface area contributed by atoms with Crippen LogP contribution in [0.25, 0.3) is 0 Å². The van der Waals surface area contributed by atoms with E-state index in [4.69, 9.17) is 0 Å². The van der Waals surface area contributed by atoms with E-state index in [9.17, 15) is 8.78 Å². The van der Waals surface area contributed by atoms with Crippen LogP contribution in [0.15, 0.2) is 42.5 Å². The maximum Gasteiger partial charge on any atom is 0.123 e.